The van der Waals surface area contributed by atoms with Crippen molar-refractivity contribution in [2.24, 2.45) is 0 Å². The molecule has 12 nitrogen and oxygen atoms in total. The highest BCUT2D eigenvalue weighted by Crippen LogP contribution is 2.13. The fraction of sp³-hybridized carbons (Fsp3) is 0.500. The summed E-state index contributed by atoms with van der Waals surface area (Å²) in [6.45, 7) is 5.05. The average Bonchev–Trinajstić information content (AvgIpc) is 2.92. The maximum Gasteiger partial charge on any atom is 0.329 e. The summed E-state index contributed by atoms with van der Waals surface area (Å²) in [4.78, 5) is 75.4. The molecule has 1 aromatic carbocycles. The Labute approximate surface area is 242 Å². The zero-order chi connectivity index (χ0) is 29.5. The van der Waals surface area contributed by atoms with Gasteiger partial charge in [0.1, 0.15) is 18.1 Å². The molecular weight excluding hydrogens is 570 g/mol. The monoisotopic (exact) mass is 603 g/mol. The molecule has 0 spiro atoms. The molecule has 0 fully saturated rings. The molecule has 1 rings (SSSR count). The third-order valence-electron chi connectivity index (χ3n) is 4.90. The Hall–Kier alpha value is -2.91. The largest absolute Gasteiger partial charge is 0.464 e. The van der Waals surface area contributed by atoms with Crippen LogP contribution in [0, 0.1) is 0 Å². The third kappa shape index (κ3) is 10.6. The fourth-order valence-electron chi connectivity index (χ4n) is 3.01. The molecule has 0 aliphatic rings. The maximum atomic E-state index is 13.0. The second-order valence-corrected chi connectivity index (χ2v) is 8.78. The number of rotatable bonds is 15. The van der Waals surface area contributed by atoms with E-state index in [9.17, 15) is 28.8 Å². The normalized spacial score (nSPS) is 12.8. The van der Waals surface area contributed by atoms with Gasteiger partial charge < -0.3 is 30.2 Å². The van der Waals surface area contributed by atoms with Crippen LogP contribution in [-0.4, -0.2) is 90.8 Å². The van der Waals surface area contributed by atoms with Crippen LogP contribution in [0.1, 0.15) is 51.8 Å². The van der Waals surface area contributed by atoms with E-state index in [1.165, 1.54) is 18.2 Å². The zero-order valence-corrected chi connectivity index (χ0v) is 24.4. The van der Waals surface area contributed by atoms with Crippen LogP contribution in [0.3, 0.4) is 0 Å². The number of carbonyl (C=O) groups is 6. The molecule has 3 amide bonds. The molecule has 0 heterocycles. The summed E-state index contributed by atoms with van der Waals surface area (Å²) < 4.78 is 14.8. The molecule has 0 saturated heterocycles. The number of ether oxygens (including phenoxy) is 3. The van der Waals surface area contributed by atoms with E-state index in [0.29, 0.717) is 0 Å². The van der Waals surface area contributed by atoms with Gasteiger partial charge in [-0.3, -0.25) is 14.4 Å². The van der Waals surface area contributed by atoms with Crippen molar-refractivity contribution in [1.82, 2.24) is 16.0 Å². The van der Waals surface area contributed by atoms with Crippen molar-refractivity contribution in [1.29, 1.82) is 0 Å². The van der Waals surface area contributed by atoms with Gasteiger partial charge in [0.2, 0.25) is 0 Å². The molecule has 0 aliphatic carbocycles. The van der Waals surface area contributed by atoms with E-state index in [4.69, 9.17) is 14.2 Å². The van der Waals surface area contributed by atoms with Crippen LogP contribution in [0.15, 0.2) is 18.2 Å². The standard InChI is InChI=1S/C24H33N3O9S3/c1-4-34-22(31)16(10-37)25-19(28)13-7-14(20(29)26-17(11-38)23(32)35-5-2)9-15(8-13)21(30)27-18(12-39)24(33)36-6-3/h7-9,16-18,37-39H,4-6,10-12H2,1-3H3,(H,25,28)(H,26,29)(H,27,30). The van der Waals surface area contributed by atoms with E-state index in [0.717, 1.165) is 0 Å². The minimum absolute atomic E-state index is 0.0789. The Morgan fingerprint density at radius 1 is 0.564 bits per heavy atom. The summed E-state index contributed by atoms with van der Waals surface area (Å²) in [7, 11) is 0. The zero-order valence-electron chi connectivity index (χ0n) is 21.7. The first-order chi connectivity index (χ1) is 18.6. The van der Waals surface area contributed by atoms with Gasteiger partial charge in [-0.15, -0.1) is 0 Å². The highest BCUT2D eigenvalue weighted by molar-refractivity contribution is 7.80. The van der Waals surface area contributed by atoms with Crippen molar-refractivity contribution in [3.63, 3.8) is 0 Å². The molecule has 39 heavy (non-hydrogen) atoms. The van der Waals surface area contributed by atoms with Crippen molar-refractivity contribution < 1.29 is 43.0 Å². The Morgan fingerprint density at radius 2 is 0.795 bits per heavy atom. The van der Waals surface area contributed by atoms with Gasteiger partial charge in [0, 0.05) is 33.9 Å². The van der Waals surface area contributed by atoms with Crippen LogP contribution in [-0.2, 0) is 28.6 Å². The quantitative estimate of drug-likeness (QED) is 0.0949. The maximum absolute atomic E-state index is 13.0. The van der Waals surface area contributed by atoms with E-state index in [-0.39, 0.29) is 53.8 Å². The first-order valence-electron chi connectivity index (χ1n) is 12.0. The summed E-state index contributed by atoms with van der Waals surface area (Å²) in [5, 5.41) is 7.34. The highest BCUT2D eigenvalue weighted by atomic mass is 32.1. The molecule has 3 N–H and O–H groups in total. The van der Waals surface area contributed by atoms with Gasteiger partial charge >= 0.3 is 17.9 Å². The topological polar surface area (TPSA) is 166 Å². The van der Waals surface area contributed by atoms with Gasteiger partial charge in [0.25, 0.3) is 17.7 Å². The number of nitrogens with one attached hydrogen (secondary N) is 3. The highest BCUT2D eigenvalue weighted by Gasteiger charge is 2.27. The van der Waals surface area contributed by atoms with Crippen molar-refractivity contribution in [2.75, 3.05) is 37.1 Å². The third-order valence-corrected chi connectivity index (χ3v) is 5.99. The number of benzene rings is 1. The predicted molar refractivity (Wildman–Crippen MR) is 152 cm³/mol. The van der Waals surface area contributed by atoms with E-state index in [2.05, 4.69) is 53.8 Å². The molecular formula is C24H33N3O9S3. The van der Waals surface area contributed by atoms with Gasteiger partial charge in [0.15, 0.2) is 0 Å². The van der Waals surface area contributed by atoms with Crippen molar-refractivity contribution >= 4 is 73.5 Å². The smallest absolute Gasteiger partial charge is 0.329 e. The molecule has 0 radical (unpaired) electrons. The number of hydrogen-bond donors (Lipinski definition) is 6. The van der Waals surface area contributed by atoms with Crippen molar-refractivity contribution in [2.45, 2.75) is 38.9 Å². The number of thiol groups is 3. The van der Waals surface area contributed by atoms with Gasteiger partial charge in [-0.1, -0.05) is 0 Å². The van der Waals surface area contributed by atoms with Crippen LogP contribution < -0.4 is 16.0 Å². The second kappa shape index (κ2) is 17.6. The van der Waals surface area contributed by atoms with Crippen LogP contribution >= 0.6 is 37.9 Å². The fourth-order valence-corrected chi connectivity index (χ4v) is 3.73. The summed E-state index contributed by atoms with van der Waals surface area (Å²) in [6.07, 6.45) is 0. The van der Waals surface area contributed by atoms with Crippen LogP contribution in [0.2, 0.25) is 0 Å². The van der Waals surface area contributed by atoms with Gasteiger partial charge in [0.05, 0.1) is 19.8 Å². The van der Waals surface area contributed by atoms with Gasteiger partial charge in [-0.25, -0.2) is 14.4 Å². The summed E-state index contributed by atoms with van der Waals surface area (Å²) in [6, 6.07) is 0.194. The molecule has 0 bridgehead atoms. The van der Waals surface area contributed by atoms with Crippen LogP contribution in [0.25, 0.3) is 0 Å². The van der Waals surface area contributed by atoms with Crippen LogP contribution in [0.5, 0.6) is 0 Å². The molecule has 216 valence electrons. The lowest BCUT2D eigenvalue weighted by Crippen LogP contribution is -2.45. The molecule has 0 saturated carbocycles. The van der Waals surface area contributed by atoms with E-state index < -0.39 is 53.8 Å². The summed E-state index contributed by atoms with van der Waals surface area (Å²) in [5.41, 5.74) is -0.497. The summed E-state index contributed by atoms with van der Waals surface area (Å²) >= 11 is 12.2. The van der Waals surface area contributed by atoms with E-state index in [1.54, 1.807) is 20.8 Å². The van der Waals surface area contributed by atoms with Gasteiger partial charge in [-0.2, -0.15) is 37.9 Å². The SMILES string of the molecule is CCOC(=O)C(CS)NC(=O)c1cc(C(=O)NC(CS)C(=O)OCC)cc(C(=O)NC(CS)C(=O)OCC)c1. The number of esters is 3. The lowest BCUT2D eigenvalue weighted by atomic mass is 10.0. The Balaban J connectivity index is 3.42. The average molecular weight is 604 g/mol. The molecule has 3 unspecified atom stereocenters. The second-order valence-electron chi connectivity index (χ2n) is 7.68. The predicted octanol–water partition coefficient (Wildman–Crippen LogP) is 0.461. The first kappa shape index (κ1) is 34.1. The molecule has 0 aromatic heterocycles. The minimum atomic E-state index is -1.11. The van der Waals surface area contributed by atoms with Crippen molar-refractivity contribution in [3.05, 3.63) is 34.9 Å². The number of carbonyl (C=O) groups excluding carboxylic acids is 6. The van der Waals surface area contributed by atoms with E-state index in [1.807, 2.05) is 0 Å². The Kier molecular flexibility index (Phi) is 15.4. The lowest BCUT2D eigenvalue weighted by molar-refractivity contribution is -0.145. The minimum Gasteiger partial charge on any atom is -0.464 e. The lowest BCUT2D eigenvalue weighted by Gasteiger charge is -2.18. The molecule has 1 aromatic rings. The molecule has 3 atom stereocenters. The summed E-state index contributed by atoms with van der Waals surface area (Å²) in [5.74, 6) is -4.81. The van der Waals surface area contributed by atoms with Crippen LogP contribution in [0.4, 0.5) is 0 Å². The van der Waals surface area contributed by atoms with Crippen molar-refractivity contribution in [3.8, 4) is 0 Å². The number of hydrogen-bond acceptors (Lipinski definition) is 12. The molecule has 15 heteroatoms. The molecule has 0 aliphatic heterocycles. The first-order valence-corrected chi connectivity index (χ1v) is 13.9. The Bertz CT molecular complexity index is 914. The van der Waals surface area contributed by atoms with Gasteiger partial charge in [-0.05, 0) is 39.0 Å². The number of amides is 3. The Morgan fingerprint density at radius 3 is 0.974 bits per heavy atom. The van der Waals surface area contributed by atoms with E-state index >= 15 is 0 Å².